The summed E-state index contributed by atoms with van der Waals surface area (Å²) < 4.78 is 0. The van der Waals surface area contributed by atoms with Crippen molar-refractivity contribution in [3.8, 4) is 0 Å². The van der Waals surface area contributed by atoms with Crippen molar-refractivity contribution in [3.63, 3.8) is 0 Å². The number of carboxylic acids is 1. The second-order valence-corrected chi connectivity index (χ2v) is 6.87. The average Bonchev–Trinajstić information content (AvgIpc) is 2.74. The van der Waals surface area contributed by atoms with Crippen LogP contribution in [0, 0.1) is 0 Å². The van der Waals surface area contributed by atoms with Gasteiger partial charge in [-0.3, -0.25) is 5.43 Å². The molecule has 5 nitrogen and oxygen atoms in total. The molecule has 0 unspecified atom stereocenters. The summed E-state index contributed by atoms with van der Waals surface area (Å²) >= 11 is 5.87. The molecule has 29 heavy (non-hydrogen) atoms. The summed E-state index contributed by atoms with van der Waals surface area (Å²) in [4.78, 5) is 13.4. The molecule has 148 valence electrons. The van der Waals surface area contributed by atoms with Crippen LogP contribution in [0.1, 0.15) is 28.4 Å². The minimum absolute atomic E-state index is 0.0364. The van der Waals surface area contributed by atoms with Crippen LogP contribution in [0.2, 0.25) is 5.02 Å². The van der Waals surface area contributed by atoms with E-state index < -0.39 is 5.97 Å². The first-order chi connectivity index (χ1) is 14.1. The Labute approximate surface area is 175 Å². The van der Waals surface area contributed by atoms with E-state index in [0.29, 0.717) is 5.69 Å². The number of anilines is 2. The van der Waals surface area contributed by atoms with Crippen LogP contribution in [-0.4, -0.2) is 23.8 Å². The maximum atomic E-state index is 11.1. The predicted octanol–water partition coefficient (Wildman–Crippen LogP) is 5.51. The molecule has 2 N–H and O–H groups in total. The Morgan fingerprint density at radius 1 is 1.10 bits per heavy atom. The zero-order chi connectivity index (χ0) is 20.6. The summed E-state index contributed by atoms with van der Waals surface area (Å²) in [6.45, 7) is 3.90. The van der Waals surface area contributed by atoms with Gasteiger partial charge in [-0.25, -0.2) is 4.79 Å². The summed E-state index contributed by atoms with van der Waals surface area (Å²) in [6.07, 6.45) is 1.69. The smallest absolute Gasteiger partial charge is 0.337 e. The van der Waals surface area contributed by atoms with Crippen LogP contribution in [0.5, 0.6) is 0 Å². The van der Waals surface area contributed by atoms with Crippen molar-refractivity contribution in [3.05, 3.63) is 94.5 Å². The lowest BCUT2D eigenvalue weighted by Gasteiger charge is -2.23. The van der Waals surface area contributed by atoms with E-state index in [0.717, 1.165) is 24.3 Å². The van der Waals surface area contributed by atoms with Crippen molar-refractivity contribution in [1.29, 1.82) is 0 Å². The number of rotatable bonds is 8. The standard InChI is InChI=1S/C23H22ClN3O2/c1-2-27(16-18-6-4-3-5-7-18)20-11-8-17(9-12-20)15-25-26-19-10-13-22(24)21(14-19)23(28)29/h3-15,26H,2,16H2,1H3,(H,28,29)/b25-15-. The van der Waals surface area contributed by atoms with Gasteiger partial charge < -0.3 is 10.0 Å². The fourth-order valence-corrected chi connectivity index (χ4v) is 3.10. The molecule has 3 aromatic carbocycles. The number of carbonyl (C=O) groups is 1. The van der Waals surface area contributed by atoms with Gasteiger partial charge >= 0.3 is 5.97 Å². The molecule has 0 bridgehead atoms. The van der Waals surface area contributed by atoms with Gasteiger partial charge in [0.05, 0.1) is 22.5 Å². The van der Waals surface area contributed by atoms with Gasteiger partial charge in [0.15, 0.2) is 0 Å². The van der Waals surface area contributed by atoms with Crippen molar-refractivity contribution >= 4 is 35.2 Å². The van der Waals surface area contributed by atoms with E-state index in [4.69, 9.17) is 16.7 Å². The van der Waals surface area contributed by atoms with Gasteiger partial charge in [0, 0.05) is 18.8 Å². The summed E-state index contributed by atoms with van der Waals surface area (Å²) in [6, 6.07) is 23.2. The van der Waals surface area contributed by atoms with Crippen LogP contribution in [0.4, 0.5) is 11.4 Å². The maximum Gasteiger partial charge on any atom is 0.337 e. The first-order valence-electron chi connectivity index (χ1n) is 9.27. The zero-order valence-electron chi connectivity index (χ0n) is 16.0. The van der Waals surface area contributed by atoms with E-state index in [1.54, 1.807) is 12.3 Å². The van der Waals surface area contributed by atoms with Gasteiger partial charge in [0.2, 0.25) is 0 Å². The molecule has 0 fully saturated rings. The Balaban J connectivity index is 1.64. The normalized spacial score (nSPS) is 10.8. The first-order valence-corrected chi connectivity index (χ1v) is 9.65. The molecule has 0 aliphatic heterocycles. The molecule has 0 aromatic heterocycles. The molecule has 0 radical (unpaired) electrons. The molecular weight excluding hydrogens is 386 g/mol. The van der Waals surface area contributed by atoms with E-state index in [1.165, 1.54) is 17.7 Å². The first kappa shape index (κ1) is 20.4. The highest BCUT2D eigenvalue weighted by Crippen LogP contribution is 2.21. The van der Waals surface area contributed by atoms with Crippen molar-refractivity contribution in [2.45, 2.75) is 13.5 Å². The van der Waals surface area contributed by atoms with Crippen LogP contribution in [0.15, 0.2) is 77.9 Å². The maximum absolute atomic E-state index is 11.1. The number of carboxylic acid groups (broad SMARTS) is 1. The monoisotopic (exact) mass is 407 g/mol. The number of hydrogen-bond acceptors (Lipinski definition) is 4. The third kappa shape index (κ3) is 5.59. The van der Waals surface area contributed by atoms with Gasteiger partial charge in [0.25, 0.3) is 0 Å². The predicted molar refractivity (Wildman–Crippen MR) is 119 cm³/mol. The lowest BCUT2D eigenvalue weighted by molar-refractivity contribution is 0.0697. The third-order valence-corrected chi connectivity index (χ3v) is 4.79. The largest absolute Gasteiger partial charge is 0.478 e. The molecular formula is C23H22ClN3O2. The Morgan fingerprint density at radius 2 is 1.83 bits per heavy atom. The van der Waals surface area contributed by atoms with Gasteiger partial charge in [-0.15, -0.1) is 0 Å². The van der Waals surface area contributed by atoms with E-state index in [-0.39, 0.29) is 10.6 Å². The van der Waals surface area contributed by atoms with Crippen molar-refractivity contribution in [1.82, 2.24) is 0 Å². The molecule has 0 amide bonds. The number of nitrogens with zero attached hydrogens (tertiary/aromatic N) is 2. The highest BCUT2D eigenvalue weighted by atomic mass is 35.5. The number of hydrogen-bond donors (Lipinski definition) is 2. The van der Waals surface area contributed by atoms with E-state index in [2.05, 4.69) is 58.7 Å². The van der Waals surface area contributed by atoms with Crippen molar-refractivity contribution in [2.24, 2.45) is 5.10 Å². The highest BCUT2D eigenvalue weighted by molar-refractivity contribution is 6.33. The second-order valence-electron chi connectivity index (χ2n) is 6.46. The summed E-state index contributed by atoms with van der Waals surface area (Å²) in [5, 5.41) is 13.5. The number of nitrogens with one attached hydrogen (secondary N) is 1. The van der Waals surface area contributed by atoms with Crippen LogP contribution >= 0.6 is 11.6 Å². The minimum atomic E-state index is -1.07. The number of halogens is 1. The summed E-state index contributed by atoms with van der Waals surface area (Å²) in [7, 11) is 0. The van der Waals surface area contributed by atoms with Gasteiger partial charge in [-0.2, -0.15) is 5.10 Å². The van der Waals surface area contributed by atoms with Crippen LogP contribution < -0.4 is 10.3 Å². The van der Waals surface area contributed by atoms with Gasteiger partial charge in [0.1, 0.15) is 0 Å². The molecule has 0 saturated carbocycles. The molecule has 0 atom stereocenters. The van der Waals surface area contributed by atoms with E-state index in [1.807, 2.05) is 18.2 Å². The average molecular weight is 408 g/mol. The quantitative estimate of drug-likeness (QED) is 0.381. The molecule has 0 aliphatic rings. The van der Waals surface area contributed by atoms with Crippen LogP contribution in [-0.2, 0) is 6.54 Å². The molecule has 3 rings (SSSR count). The molecule has 6 heteroatoms. The van der Waals surface area contributed by atoms with Crippen molar-refractivity contribution in [2.75, 3.05) is 16.9 Å². The molecule has 0 saturated heterocycles. The Morgan fingerprint density at radius 3 is 2.48 bits per heavy atom. The molecule has 0 aliphatic carbocycles. The number of hydrazone groups is 1. The van der Waals surface area contributed by atoms with E-state index in [9.17, 15) is 4.79 Å². The topological polar surface area (TPSA) is 64.9 Å². The third-order valence-electron chi connectivity index (χ3n) is 4.46. The molecule has 0 spiro atoms. The van der Waals surface area contributed by atoms with Crippen LogP contribution in [0.25, 0.3) is 0 Å². The zero-order valence-corrected chi connectivity index (χ0v) is 16.8. The van der Waals surface area contributed by atoms with Crippen LogP contribution in [0.3, 0.4) is 0 Å². The van der Waals surface area contributed by atoms with E-state index >= 15 is 0 Å². The number of aromatic carboxylic acids is 1. The Hall–Kier alpha value is -3.31. The van der Waals surface area contributed by atoms with Gasteiger partial charge in [-0.05, 0) is 48.4 Å². The van der Waals surface area contributed by atoms with Crippen molar-refractivity contribution < 1.29 is 9.90 Å². The fraction of sp³-hybridized carbons (Fsp3) is 0.130. The molecule has 0 heterocycles. The Kier molecular flexibility index (Phi) is 6.87. The van der Waals surface area contributed by atoms with Gasteiger partial charge in [-0.1, -0.05) is 54.1 Å². The lowest BCUT2D eigenvalue weighted by atomic mass is 10.1. The summed E-state index contributed by atoms with van der Waals surface area (Å²) in [5.41, 5.74) is 6.78. The molecule has 3 aromatic rings. The second kappa shape index (κ2) is 9.75. The number of benzene rings is 3. The summed E-state index contributed by atoms with van der Waals surface area (Å²) in [5.74, 6) is -1.07. The Bertz CT molecular complexity index is 989. The SMILES string of the molecule is CCN(Cc1ccccc1)c1ccc(/C=N\Nc2ccc(Cl)c(C(=O)O)c2)cc1. The fourth-order valence-electron chi connectivity index (χ4n) is 2.90. The highest BCUT2D eigenvalue weighted by Gasteiger charge is 2.09. The minimum Gasteiger partial charge on any atom is -0.478 e. The lowest BCUT2D eigenvalue weighted by Crippen LogP contribution is -2.21.